The van der Waals surface area contributed by atoms with Gasteiger partial charge in [0.05, 0.1) is 13.2 Å². The van der Waals surface area contributed by atoms with E-state index in [-0.39, 0.29) is 0 Å². The van der Waals surface area contributed by atoms with E-state index >= 15 is 0 Å². The number of hydrogen-bond donors (Lipinski definition) is 1. The normalized spacial score (nSPS) is 10.6. The van der Waals surface area contributed by atoms with Crippen molar-refractivity contribution in [1.29, 1.82) is 0 Å². The van der Waals surface area contributed by atoms with Gasteiger partial charge in [0.25, 0.3) is 0 Å². The monoisotopic (exact) mass is 301 g/mol. The van der Waals surface area contributed by atoms with Crippen LogP contribution >= 0.6 is 22.6 Å². The van der Waals surface area contributed by atoms with E-state index in [9.17, 15) is 0 Å². The van der Waals surface area contributed by atoms with Crippen LogP contribution in [0.2, 0.25) is 0 Å². The summed E-state index contributed by atoms with van der Waals surface area (Å²) in [5.41, 5.74) is 0. The Morgan fingerprint density at radius 3 is 2.54 bits per heavy atom. The van der Waals surface area contributed by atoms with Gasteiger partial charge in [-0.3, -0.25) is 0 Å². The van der Waals surface area contributed by atoms with Crippen molar-refractivity contribution < 1.29 is 9.47 Å². The molecule has 0 saturated heterocycles. The predicted molar refractivity (Wildman–Crippen MR) is 63.7 cm³/mol. The Balaban J connectivity index is 2.76. The largest absolute Gasteiger partial charge is 0.382 e. The van der Waals surface area contributed by atoms with Gasteiger partial charge < -0.3 is 14.8 Å². The maximum Gasteiger partial charge on any atom is 0.0700 e. The van der Waals surface area contributed by atoms with Gasteiger partial charge in [0.1, 0.15) is 0 Å². The van der Waals surface area contributed by atoms with Crippen LogP contribution in [0.15, 0.2) is 0 Å². The van der Waals surface area contributed by atoms with Crippen LogP contribution in [-0.4, -0.2) is 44.4 Å². The molecule has 0 fully saturated rings. The lowest BCUT2D eigenvalue weighted by molar-refractivity contribution is 0.0695. The molecule has 1 N–H and O–H groups in total. The summed E-state index contributed by atoms with van der Waals surface area (Å²) >= 11 is 2.39. The summed E-state index contributed by atoms with van der Waals surface area (Å²) in [6.07, 6.45) is 2.34. The van der Waals surface area contributed by atoms with Crippen molar-refractivity contribution in [3.63, 3.8) is 0 Å². The van der Waals surface area contributed by atoms with Crippen LogP contribution in [0.4, 0.5) is 0 Å². The zero-order valence-corrected chi connectivity index (χ0v) is 10.5. The number of ether oxygens (including phenoxy) is 2. The fraction of sp³-hybridized carbons (Fsp3) is 1.00. The lowest BCUT2D eigenvalue weighted by Gasteiger charge is -2.04. The predicted octanol–water partition coefficient (Wildman–Crippen LogP) is 1.45. The van der Waals surface area contributed by atoms with Gasteiger partial charge >= 0.3 is 0 Å². The minimum absolute atomic E-state index is 0.697. The first kappa shape index (κ1) is 13.6. The molecular formula is C9H20INO2. The average Bonchev–Trinajstić information content (AvgIpc) is 2.16. The Morgan fingerprint density at radius 1 is 1.08 bits per heavy atom. The summed E-state index contributed by atoms with van der Waals surface area (Å²) in [4.78, 5) is 0. The second kappa shape index (κ2) is 12.6. The van der Waals surface area contributed by atoms with Crippen molar-refractivity contribution in [3.05, 3.63) is 0 Å². The fourth-order valence-electron chi connectivity index (χ4n) is 0.860. The molecule has 4 heteroatoms. The standard InChI is InChI=1S/C9H20INO2/c1-12-8-9-13-7-3-6-11-5-2-4-10/h11H,2-9H2,1H3. The van der Waals surface area contributed by atoms with E-state index in [1.807, 2.05) is 0 Å². The van der Waals surface area contributed by atoms with Crippen molar-refractivity contribution in [1.82, 2.24) is 5.32 Å². The molecule has 0 aromatic rings. The summed E-state index contributed by atoms with van der Waals surface area (Å²) in [6, 6.07) is 0. The lowest BCUT2D eigenvalue weighted by atomic mass is 10.4. The number of nitrogens with one attached hydrogen (secondary N) is 1. The minimum atomic E-state index is 0.697. The van der Waals surface area contributed by atoms with Crippen molar-refractivity contribution >= 4 is 22.6 Å². The molecule has 0 aliphatic rings. The molecule has 0 saturated carbocycles. The van der Waals surface area contributed by atoms with Gasteiger partial charge in [-0.05, 0) is 25.9 Å². The third-order valence-corrected chi connectivity index (χ3v) is 2.32. The molecule has 0 heterocycles. The molecule has 0 amide bonds. The highest BCUT2D eigenvalue weighted by Crippen LogP contribution is 1.86. The summed E-state index contributed by atoms with van der Waals surface area (Å²) < 4.78 is 11.4. The van der Waals surface area contributed by atoms with Crippen LogP contribution in [0, 0.1) is 0 Å². The Bertz CT molecular complexity index is 83.7. The summed E-state index contributed by atoms with van der Waals surface area (Å²) in [5.74, 6) is 0. The van der Waals surface area contributed by atoms with E-state index < -0.39 is 0 Å². The zero-order valence-electron chi connectivity index (χ0n) is 8.35. The molecule has 0 bridgehead atoms. The summed E-state index contributed by atoms with van der Waals surface area (Å²) in [7, 11) is 1.69. The molecule has 80 valence electrons. The second-order valence-corrected chi connectivity index (χ2v) is 3.83. The van der Waals surface area contributed by atoms with Crippen LogP contribution in [-0.2, 0) is 9.47 Å². The molecule has 0 rings (SSSR count). The summed E-state index contributed by atoms with van der Waals surface area (Å²) in [6.45, 7) is 4.43. The highest BCUT2D eigenvalue weighted by atomic mass is 127. The number of rotatable bonds is 10. The molecule has 0 aromatic carbocycles. The van der Waals surface area contributed by atoms with Crippen LogP contribution in [0.1, 0.15) is 12.8 Å². The number of methoxy groups -OCH3 is 1. The SMILES string of the molecule is COCCOCCCNCCCI. The zero-order chi connectivity index (χ0) is 9.78. The molecule has 0 atom stereocenters. The third kappa shape index (κ3) is 12.6. The Kier molecular flexibility index (Phi) is 13.2. The molecular weight excluding hydrogens is 281 g/mol. The van der Waals surface area contributed by atoms with E-state index in [0.29, 0.717) is 13.2 Å². The Morgan fingerprint density at radius 2 is 1.85 bits per heavy atom. The van der Waals surface area contributed by atoms with Gasteiger partial charge in [-0.15, -0.1) is 0 Å². The Labute approximate surface area is 94.7 Å². The van der Waals surface area contributed by atoms with Crippen LogP contribution in [0.3, 0.4) is 0 Å². The maximum absolute atomic E-state index is 5.31. The molecule has 0 aliphatic carbocycles. The first-order chi connectivity index (χ1) is 6.41. The van der Waals surface area contributed by atoms with Crippen LogP contribution in [0.5, 0.6) is 0 Å². The fourth-order valence-corrected chi connectivity index (χ4v) is 1.24. The van der Waals surface area contributed by atoms with Gasteiger partial charge in [-0.1, -0.05) is 22.6 Å². The molecule has 13 heavy (non-hydrogen) atoms. The van der Waals surface area contributed by atoms with Crippen molar-refractivity contribution in [2.75, 3.05) is 44.4 Å². The number of alkyl halides is 1. The Hall–Kier alpha value is 0.610. The topological polar surface area (TPSA) is 30.5 Å². The number of hydrogen-bond acceptors (Lipinski definition) is 3. The van der Waals surface area contributed by atoms with Crippen molar-refractivity contribution in [2.45, 2.75) is 12.8 Å². The van der Waals surface area contributed by atoms with Crippen LogP contribution < -0.4 is 5.32 Å². The first-order valence-corrected chi connectivity index (χ1v) is 6.27. The second-order valence-electron chi connectivity index (χ2n) is 2.75. The molecule has 0 spiro atoms. The van der Waals surface area contributed by atoms with Gasteiger partial charge in [0, 0.05) is 18.1 Å². The van der Waals surface area contributed by atoms with Crippen molar-refractivity contribution in [2.24, 2.45) is 0 Å². The molecule has 0 radical (unpaired) electrons. The van der Waals surface area contributed by atoms with Gasteiger partial charge in [-0.2, -0.15) is 0 Å². The third-order valence-electron chi connectivity index (χ3n) is 1.56. The molecule has 3 nitrogen and oxygen atoms in total. The van der Waals surface area contributed by atoms with Crippen LogP contribution in [0.25, 0.3) is 0 Å². The van der Waals surface area contributed by atoms with E-state index in [1.165, 1.54) is 10.8 Å². The van der Waals surface area contributed by atoms with Gasteiger partial charge in [0.2, 0.25) is 0 Å². The van der Waals surface area contributed by atoms with Crippen molar-refractivity contribution in [3.8, 4) is 0 Å². The highest BCUT2D eigenvalue weighted by molar-refractivity contribution is 14.1. The molecule has 0 aliphatic heterocycles. The maximum atomic E-state index is 5.31. The minimum Gasteiger partial charge on any atom is -0.382 e. The molecule has 0 aromatic heterocycles. The van der Waals surface area contributed by atoms with E-state index in [1.54, 1.807) is 7.11 Å². The van der Waals surface area contributed by atoms with E-state index in [2.05, 4.69) is 27.9 Å². The first-order valence-electron chi connectivity index (χ1n) is 4.75. The average molecular weight is 301 g/mol. The smallest absolute Gasteiger partial charge is 0.0700 e. The number of halogens is 1. The van der Waals surface area contributed by atoms with E-state index in [4.69, 9.17) is 9.47 Å². The van der Waals surface area contributed by atoms with E-state index in [0.717, 1.165) is 26.1 Å². The lowest BCUT2D eigenvalue weighted by Crippen LogP contribution is -2.18. The summed E-state index contributed by atoms with van der Waals surface area (Å²) in [5, 5.41) is 3.36. The van der Waals surface area contributed by atoms with Gasteiger partial charge in [-0.25, -0.2) is 0 Å². The van der Waals surface area contributed by atoms with Gasteiger partial charge in [0.15, 0.2) is 0 Å². The quantitative estimate of drug-likeness (QED) is 0.376. The molecule has 0 unspecified atom stereocenters. The highest BCUT2D eigenvalue weighted by Gasteiger charge is 1.89.